The Hall–Kier alpha value is -6.84. The average Bonchev–Trinajstić information content (AvgIpc) is 3.95. The van der Waals surface area contributed by atoms with Gasteiger partial charge in [0.1, 0.15) is 18.8 Å². The molecule has 0 saturated carbocycles. The number of ether oxygens (including phenoxy) is 2. The third kappa shape index (κ3) is 15.8. The van der Waals surface area contributed by atoms with E-state index in [1.807, 2.05) is 65.2 Å². The van der Waals surface area contributed by atoms with Crippen LogP contribution in [0.3, 0.4) is 0 Å². The number of carboxylic acids is 2. The number of phenolic OH excluding ortho intramolecular Hbond substituents is 1. The van der Waals surface area contributed by atoms with Gasteiger partial charge in [-0.2, -0.15) is 0 Å². The maximum Gasteiger partial charge on any atom is 0.355 e. The van der Waals surface area contributed by atoms with E-state index in [1.165, 1.54) is 40.9 Å². The van der Waals surface area contributed by atoms with Gasteiger partial charge in [0.15, 0.2) is 45.3 Å². The first-order valence-corrected chi connectivity index (χ1v) is 24.2. The Balaban J connectivity index is 0.000000630. The Kier molecular flexibility index (Phi) is 20.1. The van der Waals surface area contributed by atoms with Crippen molar-refractivity contribution in [3.05, 3.63) is 99.8 Å². The number of aliphatic carboxylic acids is 1. The fraction of sp³-hybridized carbons (Fsp3) is 0.367. The predicted molar refractivity (Wildman–Crippen MR) is 270 cm³/mol. The SMILES string of the molecule is CC.Cc1cc(N(C)c2nc(C(=O)O)c(CCCOc3ccc(C#CC[N+](C)(C)Cc4ccc(O)c(NC(=O)CCN)c4)cc3F)s2)nnc1Nc1nc2ccccc2s1.O=C(O)[C@H]1OCC(O)CC1O. The number of hydrogen-bond acceptors (Lipinski definition) is 17. The highest BCUT2D eigenvalue weighted by molar-refractivity contribution is 7.22. The van der Waals surface area contributed by atoms with Crippen molar-refractivity contribution in [3.63, 3.8) is 0 Å². The van der Waals surface area contributed by atoms with Crippen LogP contribution in [0.25, 0.3) is 10.2 Å². The van der Waals surface area contributed by atoms with Gasteiger partial charge in [0.2, 0.25) is 5.91 Å². The zero-order valence-electron chi connectivity index (χ0n) is 40.2. The topological polar surface area (TPSA) is 276 Å². The molecule has 0 spiro atoms. The molecular weight excluding hydrogens is 958 g/mol. The van der Waals surface area contributed by atoms with Gasteiger partial charge in [-0.15, -0.1) is 21.5 Å². The summed E-state index contributed by atoms with van der Waals surface area (Å²) in [5.41, 5.74) is 8.82. The fourth-order valence-electron chi connectivity index (χ4n) is 6.88. The van der Waals surface area contributed by atoms with Crippen LogP contribution in [0, 0.1) is 24.6 Å². The van der Waals surface area contributed by atoms with E-state index in [0.717, 1.165) is 21.3 Å². The molecule has 378 valence electrons. The van der Waals surface area contributed by atoms with Crippen molar-refractivity contribution in [2.45, 2.75) is 71.3 Å². The number of aromatic hydroxyl groups is 1. The number of aliphatic hydroxyl groups excluding tert-OH is 2. The first-order valence-electron chi connectivity index (χ1n) is 22.6. The van der Waals surface area contributed by atoms with E-state index >= 15 is 4.39 Å². The Morgan fingerprint density at radius 1 is 1.03 bits per heavy atom. The van der Waals surface area contributed by atoms with Gasteiger partial charge in [0.05, 0.1) is 55.4 Å². The van der Waals surface area contributed by atoms with E-state index in [2.05, 4.69) is 47.4 Å². The number of nitrogens with one attached hydrogen (secondary N) is 2. The minimum absolute atomic E-state index is 0.0198. The van der Waals surface area contributed by atoms with E-state index < -0.39 is 36.1 Å². The number of halogens is 1. The molecule has 7 rings (SSSR count). The van der Waals surface area contributed by atoms with Gasteiger partial charge in [0, 0.05) is 42.4 Å². The monoisotopic (exact) mass is 1020 g/mol. The van der Waals surface area contributed by atoms with E-state index in [1.54, 1.807) is 30.1 Å². The maximum atomic E-state index is 15.0. The van der Waals surface area contributed by atoms with Crippen LogP contribution in [0.15, 0.2) is 66.7 Å². The van der Waals surface area contributed by atoms with Crippen LogP contribution >= 0.6 is 22.7 Å². The van der Waals surface area contributed by atoms with Crippen LogP contribution in [-0.4, -0.2) is 134 Å². The summed E-state index contributed by atoms with van der Waals surface area (Å²) < 4.78 is 26.9. The van der Waals surface area contributed by atoms with Gasteiger partial charge in [0.25, 0.3) is 0 Å². The molecule has 9 N–H and O–H groups in total. The summed E-state index contributed by atoms with van der Waals surface area (Å²) in [4.78, 5) is 45.6. The van der Waals surface area contributed by atoms with Crippen LogP contribution in [0.1, 0.15) is 65.2 Å². The number of rotatable bonds is 17. The largest absolute Gasteiger partial charge is 0.506 e. The number of para-hydroxylation sites is 1. The van der Waals surface area contributed by atoms with Crippen LogP contribution in [-0.2, 0) is 27.3 Å². The minimum Gasteiger partial charge on any atom is -0.506 e. The molecular formula is C49H59FN9O10S2+. The number of nitrogens with two attached hydrogens (primary N) is 1. The number of aromatic nitrogens is 4. The molecule has 1 saturated heterocycles. The summed E-state index contributed by atoms with van der Waals surface area (Å²) in [6.45, 7) is 7.26. The second-order valence-electron chi connectivity index (χ2n) is 16.6. The number of quaternary nitrogens is 1. The van der Waals surface area contributed by atoms with E-state index in [-0.39, 0.29) is 55.7 Å². The molecule has 1 amide bonds. The van der Waals surface area contributed by atoms with Gasteiger partial charge >= 0.3 is 11.9 Å². The third-order valence-corrected chi connectivity index (χ3v) is 12.5. The van der Waals surface area contributed by atoms with Crippen molar-refractivity contribution in [2.24, 2.45) is 5.73 Å². The van der Waals surface area contributed by atoms with Crippen molar-refractivity contribution in [3.8, 4) is 23.3 Å². The van der Waals surface area contributed by atoms with Gasteiger partial charge in [-0.3, -0.25) is 4.79 Å². The number of benzene rings is 3. The molecule has 3 atom stereocenters. The normalized spacial score (nSPS) is 15.2. The van der Waals surface area contributed by atoms with Crippen molar-refractivity contribution in [1.29, 1.82) is 0 Å². The lowest BCUT2D eigenvalue weighted by Gasteiger charge is -2.27. The van der Waals surface area contributed by atoms with Gasteiger partial charge in [-0.05, 0) is 85.8 Å². The molecule has 2 unspecified atom stereocenters. The number of phenols is 1. The number of carboxylic acid groups (broad SMARTS) is 2. The van der Waals surface area contributed by atoms with Crippen molar-refractivity contribution < 1.29 is 58.3 Å². The lowest BCUT2D eigenvalue weighted by atomic mass is 10.0. The summed E-state index contributed by atoms with van der Waals surface area (Å²) >= 11 is 2.76. The Morgan fingerprint density at radius 3 is 2.46 bits per heavy atom. The standard InChI is InChI=1S/C41H42FN9O5S2.C6H10O5.C2H6/c1-25-21-35(48-49-38(25)47-40-45-29-10-5-6-11-33(29)57-40)50(2)41-46-37(39(54)55)34(58-41)12-8-20-56-32-16-14-26(22-28(32)42)9-7-19-51(3,4)24-27-13-15-31(52)30(23-27)44-36(53)17-18-43;7-3-1-4(8)5(6(9)10)11-2-3;1-2/h5-6,10-11,13-16,21-23H,8,12,17-20,24,43H2,1-4H3,(H3-,44,45,47,48,49,52,53,54,55);3-5,7-8H,1-2H2,(H,9,10);1-2H3/p+1/t;3?,4?,5-;/m.0./s1. The van der Waals surface area contributed by atoms with Crippen LogP contribution < -0.4 is 26.0 Å². The van der Waals surface area contributed by atoms with E-state index in [4.69, 9.17) is 25.8 Å². The number of aromatic carboxylic acids is 1. The molecule has 3 aromatic carbocycles. The molecule has 0 bridgehead atoms. The summed E-state index contributed by atoms with van der Waals surface area (Å²) in [6, 6.07) is 19.3. The van der Waals surface area contributed by atoms with Crippen molar-refractivity contribution in [1.82, 2.24) is 20.2 Å². The Labute approximate surface area is 418 Å². The van der Waals surface area contributed by atoms with Crippen LogP contribution in [0.2, 0.25) is 0 Å². The molecule has 1 fully saturated rings. The molecule has 22 heteroatoms. The van der Waals surface area contributed by atoms with Gasteiger partial charge in [-0.1, -0.05) is 43.2 Å². The molecule has 3 aromatic heterocycles. The molecule has 1 aliphatic rings. The number of fused-ring (bicyclic) bond motifs is 1. The molecule has 6 aromatic rings. The lowest BCUT2D eigenvalue weighted by molar-refractivity contribution is -0.896. The van der Waals surface area contributed by atoms with E-state index in [0.29, 0.717) is 68.4 Å². The van der Waals surface area contributed by atoms with Crippen LogP contribution in [0.4, 0.5) is 32.0 Å². The quantitative estimate of drug-likeness (QED) is 0.0211. The number of aliphatic hydroxyl groups is 2. The highest BCUT2D eigenvalue weighted by Gasteiger charge is 2.34. The number of hydrogen-bond donors (Lipinski definition) is 8. The molecule has 1 aliphatic heterocycles. The number of thiazole rings is 2. The van der Waals surface area contributed by atoms with Gasteiger partial charge in [-0.25, -0.2) is 23.9 Å². The number of nitrogens with zero attached hydrogens (tertiary/aromatic N) is 6. The summed E-state index contributed by atoms with van der Waals surface area (Å²) in [6.07, 6.45) is -2.03. The molecule has 0 radical (unpaired) electrons. The zero-order valence-corrected chi connectivity index (χ0v) is 41.8. The number of anilines is 5. The second-order valence-corrected chi connectivity index (χ2v) is 18.7. The number of amides is 1. The number of aryl methyl sites for hydroxylation is 2. The highest BCUT2D eigenvalue weighted by Crippen LogP contribution is 2.33. The molecule has 0 aliphatic carbocycles. The molecule has 71 heavy (non-hydrogen) atoms. The smallest absolute Gasteiger partial charge is 0.355 e. The second kappa shape index (κ2) is 25.9. The average molecular weight is 1020 g/mol. The van der Waals surface area contributed by atoms with Crippen molar-refractivity contribution >= 4 is 78.3 Å². The summed E-state index contributed by atoms with van der Waals surface area (Å²) in [5, 5.41) is 62.2. The first kappa shape index (κ1) is 55.1. The number of carbonyl (C=O) groups is 3. The van der Waals surface area contributed by atoms with Crippen molar-refractivity contribution in [2.75, 3.05) is 63.0 Å². The minimum atomic E-state index is -1.19. The fourth-order valence-corrected chi connectivity index (χ4v) is 8.81. The predicted octanol–water partition coefficient (Wildman–Crippen LogP) is 6.44. The lowest BCUT2D eigenvalue weighted by Crippen LogP contribution is -2.45. The Bertz CT molecular complexity index is 2820. The summed E-state index contributed by atoms with van der Waals surface area (Å²) in [7, 11) is 5.74. The molecule has 19 nitrogen and oxygen atoms in total. The molecule has 4 heterocycles. The summed E-state index contributed by atoms with van der Waals surface area (Å²) in [5.74, 6) is 4.07. The Morgan fingerprint density at radius 2 is 1.79 bits per heavy atom. The van der Waals surface area contributed by atoms with E-state index in [9.17, 15) is 24.6 Å². The van der Waals surface area contributed by atoms with Gasteiger partial charge < -0.3 is 60.8 Å². The third-order valence-electron chi connectivity index (χ3n) is 10.4. The van der Waals surface area contributed by atoms with Crippen LogP contribution in [0.5, 0.6) is 11.5 Å². The first-order chi connectivity index (χ1) is 33.9. The maximum absolute atomic E-state index is 15.0. The zero-order chi connectivity index (χ0) is 51.8. The number of carbonyl (C=O) groups excluding carboxylic acids is 1. The highest BCUT2D eigenvalue weighted by atomic mass is 32.1.